The Bertz CT molecular complexity index is 652. The van der Waals surface area contributed by atoms with Crippen molar-refractivity contribution in [3.8, 4) is 16.3 Å². The van der Waals surface area contributed by atoms with Crippen LogP contribution in [0.15, 0.2) is 24.3 Å². The first-order chi connectivity index (χ1) is 9.32. The Morgan fingerprint density at radius 3 is 2.60 bits per heavy atom. The number of carboxylic acids is 1. The molecule has 8 heteroatoms. The summed E-state index contributed by atoms with van der Waals surface area (Å²) in [5.41, 5.74) is -1.01. The number of carbonyl (C=O) groups is 1. The summed E-state index contributed by atoms with van der Waals surface area (Å²) in [5, 5.41) is 8.82. The van der Waals surface area contributed by atoms with Crippen LogP contribution in [0.25, 0.3) is 10.6 Å². The average Bonchev–Trinajstić information content (AvgIpc) is 2.84. The second kappa shape index (κ2) is 5.12. The first kappa shape index (κ1) is 14.3. The van der Waals surface area contributed by atoms with Crippen LogP contribution in [0.3, 0.4) is 0 Å². The van der Waals surface area contributed by atoms with Crippen LogP contribution in [0.4, 0.5) is 13.2 Å². The lowest BCUT2D eigenvalue weighted by Crippen LogP contribution is -2.11. The minimum absolute atomic E-state index is 0.0198. The molecule has 0 fully saturated rings. The van der Waals surface area contributed by atoms with E-state index < -0.39 is 22.7 Å². The number of methoxy groups -OCH3 is 1. The minimum Gasteiger partial charge on any atom is -0.497 e. The molecule has 106 valence electrons. The van der Waals surface area contributed by atoms with Crippen molar-refractivity contribution in [2.24, 2.45) is 0 Å². The largest absolute Gasteiger partial charge is 0.497 e. The highest BCUT2D eigenvalue weighted by Crippen LogP contribution is 2.38. The maximum absolute atomic E-state index is 12.7. The van der Waals surface area contributed by atoms with Gasteiger partial charge in [0.15, 0.2) is 5.69 Å². The van der Waals surface area contributed by atoms with E-state index >= 15 is 0 Å². The molecular weight excluding hydrogens is 295 g/mol. The van der Waals surface area contributed by atoms with Gasteiger partial charge in [-0.25, -0.2) is 9.78 Å². The highest BCUT2D eigenvalue weighted by Gasteiger charge is 2.39. The Kier molecular flexibility index (Phi) is 3.67. The molecule has 0 aliphatic heterocycles. The Hall–Kier alpha value is -2.09. The zero-order valence-electron chi connectivity index (χ0n) is 10.1. The molecule has 0 unspecified atom stereocenters. The summed E-state index contributed by atoms with van der Waals surface area (Å²) in [4.78, 5) is 13.5. The minimum atomic E-state index is -4.80. The third-order valence-electron chi connectivity index (χ3n) is 2.41. The Morgan fingerprint density at radius 2 is 2.10 bits per heavy atom. The van der Waals surface area contributed by atoms with Crippen molar-refractivity contribution in [2.45, 2.75) is 6.18 Å². The van der Waals surface area contributed by atoms with E-state index in [1.165, 1.54) is 19.2 Å². The van der Waals surface area contributed by atoms with Gasteiger partial charge in [-0.3, -0.25) is 0 Å². The van der Waals surface area contributed by atoms with E-state index in [-0.39, 0.29) is 5.01 Å². The molecule has 2 aromatic rings. The van der Waals surface area contributed by atoms with Crippen molar-refractivity contribution >= 4 is 17.3 Å². The lowest BCUT2D eigenvalue weighted by atomic mass is 10.2. The van der Waals surface area contributed by atoms with Crippen molar-refractivity contribution < 1.29 is 27.8 Å². The number of alkyl halides is 3. The fraction of sp³-hybridized carbons (Fsp3) is 0.167. The van der Waals surface area contributed by atoms with E-state index in [1.54, 1.807) is 12.1 Å². The standard InChI is InChI=1S/C12H8F3NO3S/c1-19-7-4-2-3-6(5-7)10-16-9(12(13,14)15)8(20-10)11(17)18/h2-5H,1H3,(H,17,18). The van der Waals surface area contributed by atoms with E-state index in [0.717, 1.165) is 0 Å². The second-order valence-corrected chi connectivity index (χ2v) is 4.73. The lowest BCUT2D eigenvalue weighted by molar-refractivity contribution is -0.141. The summed E-state index contributed by atoms with van der Waals surface area (Å²) >= 11 is 0.481. The van der Waals surface area contributed by atoms with Gasteiger partial charge < -0.3 is 9.84 Å². The van der Waals surface area contributed by atoms with Crippen molar-refractivity contribution in [3.05, 3.63) is 34.8 Å². The maximum atomic E-state index is 12.7. The summed E-state index contributed by atoms with van der Waals surface area (Å²) < 4.78 is 43.2. The number of aromatic carboxylic acids is 1. The van der Waals surface area contributed by atoms with Crippen LogP contribution in [0.2, 0.25) is 0 Å². The summed E-state index contributed by atoms with van der Waals surface area (Å²) in [6.07, 6.45) is -4.80. The van der Waals surface area contributed by atoms with E-state index in [2.05, 4.69) is 4.98 Å². The van der Waals surface area contributed by atoms with Gasteiger partial charge in [-0.15, -0.1) is 11.3 Å². The van der Waals surface area contributed by atoms with Gasteiger partial charge in [0.2, 0.25) is 0 Å². The van der Waals surface area contributed by atoms with Gasteiger partial charge in [-0.1, -0.05) is 12.1 Å². The molecule has 0 atom stereocenters. The number of hydrogen-bond acceptors (Lipinski definition) is 4. The Labute approximate surface area is 115 Å². The molecule has 2 rings (SSSR count). The van der Waals surface area contributed by atoms with Gasteiger partial charge in [0.05, 0.1) is 7.11 Å². The molecular formula is C12H8F3NO3S. The number of aromatic nitrogens is 1. The predicted molar refractivity (Wildman–Crippen MR) is 66.1 cm³/mol. The highest BCUT2D eigenvalue weighted by atomic mass is 32.1. The van der Waals surface area contributed by atoms with Crippen molar-refractivity contribution in [1.82, 2.24) is 4.98 Å². The molecule has 1 aromatic carbocycles. The fourth-order valence-corrected chi connectivity index (χ4v) is 2.46. The Balaban J connectivity index is 2.56. The molecule has 0 aliphatic rings. The van der Waals surface area contributed by atoms with E-state index in [1.807, 2.05) is 0 Å². The summed E-state index contributed by atoms with van der Waals surface area (Å²) in [7, 11) is 1.42. The fourth-order valence-electron chi connectivity index (χ4n) is 1.54. The smallest absolute Gasteiger partial charge is 0.435 e. The lowest BCUT2D eigenvalue weighted by Gasteiger charge is -2.03. The average molecular weight is 303 g/mol. The summed E-state index contributed by atoms with van der Waals surface area (Å²) in [6, 6.07) is 6.24. The molecule has 20 heavy (non-hydrogen) atoms. The number of rotatable bonds is 3. The van der Waals surface area contributed by atoms with Crippen LogP contribution in [0, 0.1) is 0 Å². The molecule has 0 bridgehead atoms. The van der Waals surface area contributed by atoms with Crippen LogP contribution in [0.1, 0.15) is 15.4 Å². The molecule has 0 saturated heterocycles. The van der Waals surface area contributed by atoms with Crippen molar-refractivity contribution in [2.75, 3.05) is 7.11 Å². The zero-order valence-corrected chi connectivity index (χ0v) is 10.9. The number of nitrogens with zero attached hydrogens (tertiary/aromatic N) is 1. The molecule has 0 saturated carbocycles. The summed E-state index contributed by atoms with van der Waals surface area (Å²) in [6.45, 7) is 0. The number of hydrogen-bond donors (Lipinski definition) is 1. The van der Waals surface area contributed by atoms with Crippen LogP contribution in [-0.4, -0.2) is 23.2 Å². The molecule has 0 radical (unpaired) electrons. The monoisotopic (exact) mass is 303 g/mol. The normalized spacial score (nSPS) is 11.4. The quantitative estimate of drug-likeness (QED) is 0.942. The molecule has 4 nitrogen and oxygen atoms in total. The SMILES string of the molecule is COc1cccc(-c2nc(C(F)(F)F)c(C(=O)O)s2)c1. The number of ether oxygens (including phenoxy) is 1. The highest BCUT2D eigenvalue weighted by molar-refractivity contribution is 7.17. The van der Waals surface area contributed by atoms with E-state index in [9.17, 15) is 18.0 Å². The molecule has 0 aliphatic carbocycles. The van der Waals surface area contributed by atoms with Crippen molar-refractivity contribution in [1.29, 1.82) is 0 Å². The number of benzene rings is 1. The molecule has 0 amide bonds. The summed E-state index contributed by atoms with van der Waals surface area (Å²) in [5.74, 6) is -1.20. The van der Waals surface area contributed by atoms with Crippen LogP contribution in [0.5, 0.6) is 5.75 Å². The topological polar surface area (TPSA) is 59.4 Å². The zero-order chi connectivity index (χ0) is 14.9. The molecule has 1 N–H and O–H groups in total. The second-order valence-electron chi connectivity index (χ2n) is 3.73. The molecule has 1 aromatic heterocycles. The van der Waals surface area contributed by atoms with Gasteiger partial charge >= 0.3 is 12.1 Å². The predicted octanol–water partition coefficient (Wildman–Crippen LogP) is 3.54. The molecule has 0 spiro atoms. The van der Waals surface area contributed by atoms with Gasteiger partial charge in [0, 0.05) is 5.56 Å². The number of carboxylic acid groups (broad SMARTS) is 1. The third kappa shape index (κ3) is 2.74. The van der Waals surface area contributed by atoms with Crippen LogP contribution >= 0.6 is 11.3 Å². The van der Waals surface area contributed by atoms with E-state index in [0.29, 0.717) is 22.6 Å². The number of thiazole rings is 1. The molecule has 1 heterocycles. The maximum Gasteiger partial charge on any atom is 0.435 e. The van der Waals surface area contributed by atoms with E-state index in [4.69, 9.17) is 9.84 Å². The van der Waals surface area contributed by atoms with Crippen LogP contribution < -0.4 is 4.74 Å². The van der Waals surface area contributed by atoms with Crippen molar-refractivity contribution in [3.63, 3.8) is 0 Å². The van der Waals surface area contributed by atoms with Gasteiger partial charge in [0.25, 0.3) is 0 Å². The third-order valence-corrected chi connectivity index (χ3v) is 3.50. The first-order valence-corrected chi connectivity index (χ1v) is 6.10. The van der Waals surface area contributed by atoms with Gasteiger partial charge in [-0.2, -0.15) is 13.2 Å². The van der Waals surface area contributed by atoms with Gasteiger partial charge in [-0.05, 0) is 12.1 Å². The Morgan fingerprint density at radius 1 is 1.40 bits per heavy atom. The van der Waals surface area contributed by atoms with Crippen LogP contribution in [-0.2, 0) is 6.18 Å². The first-order valence-electron chi connectivity index (χ1n) is 5.28. The van der Waals surface area contributed by atoms with Gasteiger partial charge in [0.1, 0.15) is 15.6 Å². The number of halogens is 3.